The summed E-state index contributed by atoms with van der Waals surface area (Å²) in [6.45, 7) is 1.90. The number of hydrogen-bond donors (Lipinski definition) is 0. The maximum Gasteiger partial charge on any atom is 0.309 e. The highest BCUT2D eigenvalue weighted by molar-refractivity contribution is 6.30. The van der Waals surface area contributed by atoms with E-state index in [4.69, 9.17) is 27.9 Å². The lowest BCUT2D eigenvalue weighted by Crippen LogP contribution is -2.30. The fourth-order valence-corrected chi connectivity index (χ4v) is 3.25. The molecule has 3 rings (SSSR count). The van der Waals surface area contributed by atoms with E-state index in [1.54, 1.807) is 0 Å². The molecule has 0 spiro atoms. The minimum Gasteiger partial charge on any atom is -0.457 e. The first-order valence-corrected chi connectivity index (χ1v) is 8.01. The van der Waals surface area contributed by atoms with Gasteiger partial charge in [0.05, 0.1) is 5.92 Å². The second-order valence-corrected chi connectivity index (χ2v) is 6.58. The number of carbonyl (C=O) groups is 1. The summed E-state index contributed by atoms with van der Waals surface area (Å²) >= 11 is 12.1. The summed E-state index contributed by atoms with van der Waals surface area (Å²) in [6.07, 6.45) is 0.436. The predicted molar refractivity (Wildman–Crippen MR) is 88.3 cm³/mol. The molecule has 114 valence electrons. The molecule has 22 heavy (non-hydrogen) atoms. The van der Waals surface area contributed by atoms with Gasteiger partial charge in [0.25, 0.3) is 0 Å². The van der Waals surface area contributed by atoms with Crippen LogP contribution in [0.25, 0.3) is 0 Å². The van der Waals surface area contributed by atoms with E-state index in [2.05, 4.69) is 0 Å². The summed E-state index contributed by atoms with van der Waals surface area (Å²) in [4.78, 5) is 12.0. The monoisotopic (exact) mass is 334 g/mol. The average Bonchev–Trinajstić information content (AvgIpc) is 2.50. The molecule has 2 unspecified atom stereocenters. The molecule has 0 aliphatic carbocycles. The lowest BCUT2D eigenvalue weighted by Gasteiger charge is -2.35. The van der Waals surface area contributed by atoms with Crippen LogP contribution in [-0.2, 0) is 9.53 Å². The smallest absolute Gasteiger partial charge is 0.309 e. The van der Waals surface area contributed by atoms with Gasteiger partial charge >= 0.3 is 5.97 Å². The van der Waals surface area contributed by atoms with Crippen molar-refractivity contribution in [2.45, 2.75) is 25.4 Å². The molecule has 4 heteroatoms. The van der Waals surface area contributed by atoms with E-state index in [9.17, 15) is 4.79 Å². The zero-order chi connectivity index (χ0) is 15.7. The van der Waals surface area contributed by atoms with Crippen molar-refractivity contribution in [3.8, 4) is 0 Å². The second kappa shape index (κ2) is 6.31. The molecule has 2 aromatic carbocycles. The Morgan fingerprint density at radius 1 is 1.00 bits per heavy atom. The third kappa shape index (κ3) is 3.13. The van der Waals surface area contributed by atoms with Gasteiger partial charge in [-0.2, -0.15) is 0 Å². The van der Waals surface area contributed by atoms with Gasteiger partial charge in [0.2, 0.25) is 0 Å². The van der Waals surface area contributed by atoms with Gasteiger partial charge in [-0.05, 0) is 41.8 Å². The van der Waals surface area contributed by atoms with E-state index >= 15 is 0 Å². The topological polar surface area (TPSA) is 26.3 Å². The number of ether oxygens (including phenoxy) is 1. The first-order chi connectivity index (χ1) is 10.5. The summed E-state index contributed by atoms with van der Waals surface area (Å²) in [7, 11) is 0. The number of benzene rings is 2. The van der Waals surface area contributed by atoms with Crippen LogP contribution in [-0.4, -0.2) is 5.97 Å². The number of halogens is 2. The number of cyclic esters (lactones) is 1. The third-order valence-corrected chi connectivity index (χ3v) is 4.58. The summed E-state index contributed by atoms with van der Waals surface area (Å²) in [5.74, 6) is -0.182. The molecular formula is C18H16Cl2O2. The molecule has 1 heterocycles. The minimum atomic E-state index is -0.306. The largest absolute Gasteiger partial charge is 0.457 e. The van der Waals surface area contributed by atoms with Crippen molar-refractivity contribution in [1.29, 1.82) is 0 Å². The van der Waals surface area contributed by atoms with Crippen molar-refractivity contribution < 1.29 is 9.53 Å². The summed E-state index contributed by atoms with van der Waals surface area (Å²) in [5.41, 5.74) is 2.04. The van der Waals surface area contributed by atoms with Gasteiger partial charge in [-0.25, -0.2) is 0 Å². The number of esters is 1. The molecule has 1 saturated heterocycles. The van der Waals surface area contributed by atoms with Gasteiger partial charge in [0, 0.05) is 16.0 Å². The van der Waals surface area contributed by atoms with Gasteiger partial charge < -0.3 is 4.74 Å². The average molecular weight is 335 g/mol. The minimum absolute atomic E-state index is 0.0903. The Kier molecular flexibility index (Phi) is 4.42. The Morgan fingerprint density at radius 3 is 2.41 bits per heavy atom. The number of hydrogen-bond acceptors (Lipinski definition) is 2. The van der Waals surface area contributed by atoms with Gasteiger partial charge in [-0.15, -0.1) is 0 Å². The third-order valence-electron chi connectivity index (χ3n) is 4.09. The van der Waals surface area contributed by atoms with E-state index in [-0.39, 0.29) is 23.9 Å². The molecule has 0 N–H and O–H groups in total. The van der Waals surface area contributed by atoms with Gasteiger partial charge in [0.15, 0.2) is 0 Å². The zero-order valence-electron chi connectivity index (χ0n) is 12.1. The summed E-state index contributed by atoms with van der Waals surface area (Å²) in [5, 5.41) is 1.36. The van der Waals surface area contributed by atoms with Crippen molar-refractivity contribution in [1.82, 2.24) is 0 Å². The second-order valence-electron chi connectivity index (χ2n) is 5.71. The van der Waals surface area contributed by atoms with Crippen molar-refractivity contribution in [2.75, 3.05) is 0 Å². The van der Waals surface area contributed by atoms with Crippen LogP contribution in [0.4, 0.5) is 0 Å². The Bertz CT molecular complexity index is 682. The van der Waals surface area contributed by atoms with Crippen LogP contribution >= 0.6 is 23.2 Å². The predicted octanol–water partition coefficient (Wildman–Crippen LogP) is 5.40. The highest BCUT2D eigenvalue weighted by Gasteiger charge is 2.37. The molecule has 0 saturated carbocycles. The number of carbonyl (C=O) groups excluding carboxylic acids is 1. The van der Waals surface area contributed by atoms with E-state index in [1.165, 1.54) is 0 Å². The van der Waals surface area contributed by atoms with Crippen LogP contribution in [0.3, 0.4) is 0 Å². The molecule has 2 nitrogen and oxygen atoms in total. The van der Waals surface area contributed by atoms with Crippen LogP contribution in [0.1, 0.15) is 36.5 Å². The molecule has 1 fully saturated rings. The summed E-state index contributed by atoms with van der Waals surface area (Å²) < 4.78 is 5.71. The van der Waals surface area contributed by atoms with Crippen LogP contribution < -0.4 is 0 Å². The molecule has 0 radical (unpaired) electrons. The van der Waals surface area contributed by atoms with E-state index < -0.39 is 0 Å². The van der Waals surface area contributed by atoms with Gasteiger partial charge in [0.1, 0.15) is 6.10 Å². The fourth-order valence-electron chi connectivity index (χ4n) is 2.93. The Balaban J connectivity index is 1.99. The molecule has 2 aromatic rings. The standard InChI is InChI=1S/C18H16Cl2O2/c1-11-9-16(13-3-2-4-15(20)10-13)17(22-18(11)21)12-5-7-14(19)8-6-12/h2-8,10-11,16-17H,9H2,1H3/t11?,16?,17-/m0/s1. The lowest BCUT2D eigenvalue weighted by molar-refractivity contribution is -0.162. The van der Waals surface area contributed by atoms with E-state index in [0.717, 1.165) is 17.5 Å². The van der Waals surface area contributed by atoms with E-state index in [1.807, 2.05) is 55.5 Å². The van der Waals surface area contributed by atoms with Crippen molar-refractivity contribution in [2.24, 2.45) is 5.92 Å². The first-order valence-electron chi connectivity index (χ1n) is 7.26. The van der Waals surface area contributed by atoms with Crippen molar-refractivity contribution >= 4 is 29.2 Å². The Labute approximate surface area is 140 Å². The molecule has 1 aliphatic heterocycles. The van der Waals surface area contributed by atoms with Crippen LogP contribution in [0.2, 0.25) is 10.0 Å². The van der Waals surface area contributed by atoms with Crippen LogP contribution in [0.15, 0.2) is 48.5 Å². The molecular weight excluding hydrogens is 319 g/mol. The normalized spacial score (nSPS) is 24.9. The molecule has 0 amide bonds. The van der Waals surface area contributed by atoms with E-state index in [0.29, 0.717) is 10.0 Å². The highest BCUT2D eigenvalue weighted by Crippen LogP contribution is 2.43. The SMILES string of the molecule is CC1CC(c2cccc(Cl)c2)[C@H](c2ccc(Cl)cc2)OC1=O. The van der Waals surface area contributed by atoms with Gasteiger partial charge in [-0.1, -0.05) is 54.4 Å². The quantitative estimate of drug-likeness (QED) is 0.687. The zero-order valence-corrected chi connectivity index (χ0v) is 13.6. The molecule has 3 atom stereocenters. The highest BCUT2D eigenvalue weighted by atomic mass is 35.5. The summed E-state index contributed by atoms with van der Waals surface area (Å²) in [6, 6.07) is 15.2. The Morgan fingerprint density at radius 2 is 1.73 bits per heavy atom. The Hall–Kier alpha value is -1.51. The van der Waals surface area contributed by atoms with Crippen molar-refractivity contribution in [3.05, 3.63) is 69.7 Å². The van der Waals surface area contributed by atoms with Crippen LogP contribution in [0.5, 0.6) is 0 Å². The van der Waals surface area contributed by atoms with Crippen LogP contribution in [0, 0.1) is 5.92 Å². The van der Waals surface area contributed by atoms with Gasteiger partial charge in [-0.3, -0.25) is 4.79 Å². The first kappa shape index (κ1) is 15.4. The number of rotatable bonds is 2. The maximum absolute atomic E-state index is 12.0. The molecule has 0 bridgehead atoms. The maximum atomic E-state index is 12.0. The van der Waals surface area contributed by atoms with Crippen molar-refractivity contribution in [3.63, 3.8) is 0 Å². The molecule has 0 aromatic heterocycles. The lowest BCUT2D eigenvalue weighted by atomic mass is 9.80. The fraction of sp³-hybridized carbons (Fsp3) is 0.278. The molecule has 1 aliphatic rings.